The van der Waals surface area contributed by atoms with Crippen molar-refractivity contribution in [2.24, 2.45) is 0 Å². The number of aromatic nitrogens is 2. The first kappa shape index (κ1) is 13.7. The van der Waals surface area contributed by atoms with Crippen molar-refractivity contribution < 1.29 is 4.74 Å². The molecule has 0 amide bonds. The van der Waals surface area contributed by atoms with E-state index >= 15 is 0 Å². The van der Waals surface area contributed by atoms with Crippen LogP contribution in [0.4, 0.5) is 5.95 Å². The van der Waals surface area contributed by atoms with Crippen molar-refractivity contribution in [3.63, 3.8) is 0 Å². The highest BCUT2D eigenvalue weighted by Crippen LogP contribution is 2.08. The van der Waals surface area contributed by atoms with Gasteiger partial charge in [-0.3, -0.25) is 0 Å². The van der Waals surface area contributed by atoms with Crippen LogP contribution in [0.2, 0.25) is 0 Å². The van der Waals surface area contributed by atoms with Crippen LogP contribution in [0.1, 0.15) is 19.3 Å². The molecule has 1 aromatic heterocycles. The van der Waals surface area contributed by atoms with Gasteiger partial charge < -0.3 is 15.4 Å². The van der Waals surface area contributed by atoms with Gasteiger partial charge in [0, 0.05) is 25.5 Å². The van der Waals surface area contributed by atoms with Crippen molar-refractivity contribution in [1.29, 1.82) is 0 Å². The van der Waals surface area contributed by atoms with Crippen molar-refractivity contribution in [3.8, 4) is 0 Å². The molecule has 1 aromatic rings. The van der Waals surface area contributed by atoms with Crippen LogP contribution in [-0.2, 0) is 4.74 Å². The van der Waals surface area contributed by atoms with Gasteiger partial charge in [0.05, 0.1) is 10.6 Å². The lowest BCUT2D eigenvalue weighted by molar-refractivity contribution is 0.0329. The largest absolute Gasteiger partial charge is 0.378 e. The van der Waals surface area contributed by atoms with E-state index in [4.69, 9.17) is 4.74 Å². The summed E-state index contributed by atoms with van der Waals surface area (Å²) in [7, 11) is 0. The Morgan fingerprint density at radius 2 is 2.06 bits per heavy atom. The second-order valence-electron chi connectivity index (χ2n) is 4.33. The maximum atomic E-state index is 5.81. The highest BCUT2D eigenvalue weighted by molar-refractivity contribution is 9.10. The van der Waals surface area contributed by atoms with Crippen LogP contribution in [0.25, 0.3) is 0 Å². The molecule has 0 aliphatic carbocycles. The van der Waals surface area contributed by atoms with Crippen LogP contribution in [0.15, 0.2) is 16.9 Å². The molecule has 0 radical (unpaired) electrons. The number of nitrogens with one attached hydrogen (secondary N) is 2. The first-order valence-corrected chi connectivity index (χ1v) is 7.17. The van der Waals surface area contributed by atoms with Gasteiger partial charge in [0.15, 0.2) is 0 Å². The van der Waals surface area contributed by atoms with Crippen molar-refractivity contribution >= 4 is 21.9 Å². The van der Waals surface area contributed by atoms with Crippen LogP contribution in [-0.4, -0.2) is 42.3 Å². The molecule has 2 rings (SSSR count). The van der Waals surface area contributed by atoms with Crippen LogP contribution in [0.5, 0.6) is 0 Å². The van der Waals surface area contributed by atoms with E-state index in [1.807, 2.05) is 0 Å². The Bertz CT molecular complexity index is 340. The van der Waals surface area contributed by atoms with Gasteiger partial charge in [0.2, 0.25) is 5.95 Å². The standard InChI is InChI=1S/C12H19BrN4O/c13-10-8-16-12(17-9-10)15-4-1-7-18-11-2-5-14-6-3-11/h8-9,11,14H,1-7H2,(H,15,16,17). The summed E-state index contributed by atoms with van der Waals surface area (Å²) in [6.07, 6.45) is 7.15. The number of halogens is 1. The van der Waals surface area contributed by atoms with E-state index in [2.05, 4.69) is 36.5 Å². The van der Waals surface area contributed by atoms with Crippen molar-refractivity contribution in [2.45, 2.75) is 25.4 Å². The summed E-state index contributed by atoms with van der Waals surface area (Å²) in [5.41, 5.74) is 0. The minimum absolute atomic E-state index is 0.440. The molecule has 18 heavy (non-hydrogen) atoms. The smallest absolute Gasteiger partial charge is 0.222 e. The maximum absolute atomic E-state index is 5.81. The molecule has 1 aliphatic rings. The third kappa shape index (κ3) is 4.88. The highest BCUT2D eigenvalue weighted by Gasteiger charge is 2.12. The summed E-state index contributed by atoms with van der Waals surface area (Å²) < 4.78 is 6.70. The predicted octanol–water partition coefficient (Wildman–Crippen LogP) is 1.81. The van der Waals surface area contributed by atoms with Crippen molar-refractivity contribution in [1.82, 2.24) is 15.3 Å². The quantitative estimate of drug-likeness (QED) is 0.784. The fourth-order valence-electron chi connectivity index (χ4n) is 1.89. The first-order chi connectivity index (χ1) is 8.84. The second kappa shape index (κ2) is 7.66. The lowest BCUT2D eigenvalue weighted by Crippen LogP contribution is -2.32. The highest BCUT2D eigenvalue weighted by atomic mass is 79.9. The third-order valence-electron chi connectivity index (χ3n) is 2.86. The SMILES string of the molecule is Brc1cnc(NCCCOC2CCNCC2)nc1. The topological polar surface area (TPSA) is 59.1 Å². The first-order valence-electron chi connectivity index (χ1n) is 6.38. The fourth-order valence-corrected chi connectivity index (χ4v) is 2.09. The summed E-state index contributed by atoms with van der Waals surface area (Å²) in [4.78, 5) is 8.30. The van der Waals surface area contributed by atoms with Gasteiger partial charge in [0.1, 0.15) is 0 Å². The van der Waals surface area contributed by atoms with Gasteiger partial charge >= 0.3 is 0 Å². The molecule has 2 N–H and O–H groups in total. The molecule has 1 saturated heterocycles. The molecule has 1 aliphatic heterocycles. The van der Waals surface area contributed by atoms with E-state index < -0.39 is 0 Å². The fraction of sp³-hybridized carbons (Fsp3) is 0.667. The zero-order valence-corrected chi connectivity index (χ0v) is 11.9. The molecule has 5 nitrogen and oxygen atoms in total. The number of ether oxygens (including phenoxy) is 1. The maximum Gasteiger partial charge on any atom is 0.222 e. The third-order valence-corrected chi connectivity index (χ3v) is 3.27. The summed E-state index contributed by atoms with van der Waals surface area (Å²) in [5, 5.41) is 6.50. The molecule has 1 fully saturated rings. The lowest BCUT2D eigenvalue weighted by Gasteiger charge is -2.22. The van der Waals surface area contributed by atoms with Gasteiger partial charge in [0.25, 0.3) is 0 Å². The summed E-state index contributed by atoms with van der Waals surface area (Å²) in [5.74, 6) is 0.667. The normalized spacial score (nSPS) is 16.7. The number of hydrogen-bond acceptors (Lipinski definition) is 5. The Morgan fingerprint density at radius 1 is 1.33 bits per heavy atom. The summed E-state index contributed by atoms with van der Waals surface area (Å²) >= 11 is 3.30. The molecule has 100 valence electrons. The zero-order valence-electron chi connectivity index (χ0n) is 10.4. The van der Waals surface area contributed by atoms with E-state index in [0.717, 1.165) is 50.0 Å². The van der Waals surface area contributed by atoms with E-state index in [1.54, 1.807) is 12.4 Å². The average Bonchev–Trinajstić information content (AvgIpc) is 2.42. The molecule has 0 bridgehead atoms. The Kier molecular flexibility index (Phi) is 5.83. The molecular formula is C12H19BrN4O. The van der Waals surface area contributed by atoms with E-state index in [1.165, 1.54) is 0 Å². The van der Waals surface area contributed by atoms with Crippen LogP contribution in [0, 0.1) is 0 Å². The lowest BCUT2D eigenvalue weighted by atomic mass is 10.1. The molecule has 0 unspecified atom stereocenters. The zero-order chi connectivity index (χ0) is 12.6. The molecule has 2 heterocycles. The van der Waals surface area contributed by atoms with Gasteiger partial charge in [-0.15, -0.1) is 0 Å². The Morgan fingerprint density at radius 3 is 2.78 bits per heavy atom. The van der Waals surface area contributed by atoms with Crippen LogP contribution in [0.3, 0.4) is 0 Å². The minimum atomic E-state index is 0.440. The average molecular weight is 315 g/mol. The van der Waals surface area contributed by atoms with Gasteiger partial charge in [-0.25, -0.2) is 9.97 Å². The van der Waals surface area contributed by atoms with E-state index in [0.29, 0.717) is 12.1 Å². The van der Waals surface area contributed by atoms with Crippen LogP contribution < -0.4 is 10.6 Å². The monoisotopic (exact) mass is 314 g/mol. The predicted molar refractivity (Wildman–Crippen MR) is 74.7 cm³/mol. The number of nitrogens with zero attached hydrogens (tertiary/aromatic N) is 2. The van der Waals surface area contributed by atoms with Gasteiger partial charge in [-0.1, -0.05) is 0 Å². The molecule has 0 aromatic carbocycles. The Balaban J connectivity index is 1.54. The Labute approximate surface area is 116 Å². The van der Waals surface area contributed by atoms with Crippen molar-refractivity contribution in [3.05, 3.63) is 16.9 Å². The Hall–Kier alpha value is -0.720. The van der Waals surface area contributed by atoms with E-state index in [9.17, 15) is 0 Å². The number of rotatable bonds is 6. The van der Waals surface area contributed by atoms with Crippen LogP contribution >= 0.6 is 15.9 Å². The number of anilines is 1. The van der Waals surface area contributed by atoms with E-state index in [-0.39, 0.29) is 0 Å². The molecule has 0 spiro atoms. The molecule has 0 saturated carbocycles. The second-order valence-corrected chi connectivity index (χ2v) is 5.24. The van der Waals surface area contributed by atoms with Gasteiger partial charge in [-0.2, -0.15) is 0 Å². The minimum Gasteiger partial charge on any atom is -0.378 e. The molecular weight excluding hydrogens is 296 g/mol. The summed E-state index contributed by atoms with van der Waals surface area (Å²) in [6.45, 7) is 3.80. The number of hydrogen-bond donors (Lipinski definition) is 2. The molecule has 6 heteroatoms. The van der Waals surface area contributed by atoms with Gasteiger partial charge in [-0.05, 0) is 48.3 Å². The van der Waals surface area contributed by atoms with Crippen molar-refractivity contribution in [2.75, 3.05) is 31.6 Å². The number of piperidine rings is 1. The summed E-state index contributed by atoms with van der Waals surface area (Å²) in [6, 6.07) is 0. The molecule has 0 atom stereocenters.